The fraction of sp³-hybridized carbons (Fsp3) is 0.571. The maximum atomic E-state index is 5.62. The van der Waals surface area contributed by atoms with Crippen molar-refractivity contribution in [1.29, 1.82) is 0 Å². The van der Waals surface area contributed by atoms with E-state index >= 15 is 0 Å². The lowest BCUT2D eigenvalue weighted by molar-refractivity contribution is 0.469. The number of fused-ring (bicyclic) bond motifs is 1. The molecule has 0 bridgehead atoms. The van der Waals surface area contributed by atoms with Crippen LogP contribution in [0.5, 0.6) is 0 Å². The van der Waals surface area contributed by atoms with Gasteiger partial charge in [0.15, 0.2) is 0 Å². The standard InChI is InChI=1S/C14H22N4/c15-17-12-5-4-11-2-1-3-14(13(11)10-12)18-8-6-16-7-9-18/h1-3,12,16-17H,4-10,15H2. The highest BCUT2D eigenvalue weighted by atomic mass is 15.2. The number of aryl methyl sites for hydroxylation is 1. The van der Waals surface area contributed by atoms with Crippen molar-refractivity contribution in [3.8, 4) is 0 Å². The van der Waals surface area contributed by atoms with Gasteiger partial charge < -0.3 is 10.2 Å². The van der Waals surface area contributed by atoms with E-state index in [4.69, 9.17) is 5.84 Å². The summed E-state index contributed by atoms with van der Waals surface area (Å²) in [6, 6.07) is 7.17. The van der Waals surface area contributed by atoms with Crippen LogP contribution in [0, 0.1) is 0 Å². The van der Waals surface area contributed by atoms with Gasteiger partial charge in [0.1, 0.15) is 0 Å². The summed E-state index contributed by atoms with van der Waals surface area (Å²) in [5.41, 5.74) is 7.39. The second kappa shape index (κ2) is 5.26. The summed E-state index contributed by atoms with van der Waals surface area (Å²) >= 11 is 0. The molecule has 4 heteroatoms. The number of nitrogens with two attached hydrogens (primary N) is 1. The molecule has 1 fully saturated rings. The second-order valence-corrected chi connectivity index (χ2v) is 5.26. The minimum atomic E-state index is 0.432. The molecule has 1 heterocycles. The van der Waals surface area contributed by atoms with Gasteiger partial charge in [-0.05, 0) is 36.5 Å². The molecule has 0 radical (unpaired) electrons. The van der Waals surface area contributed by atoms with Gasteiger partial charge in [0.25, 0.3) is 0 Å². The Bertz CT molecular complexity index is 412. The summed E-state index contributed by atoms with van der Waals surface area (Å²) < 4.78 is 0. The van der Waals surface area contributed by atoms with Gasteiger partial charge >= 0.3 is 0 Å². The first-order valence-corrected chi connectivity index (χ1v) is 6.91. The lowest BCUT2D eigenvalue weighted by Gasteiger charge is -2.34. The van der Waals surface area contributed by atoms with E-state index in [1.807, 2.05) is 0 Å². The van der Waals surface area contributed by atoms with E-state index in [0.717, 1.165) is 45.4 Å². The number of hydrogen-bond donors (Lipinski definition) is 3. The van der Waals surface area contributed by atoms with E-state index in [2.05, 4.69) is 33.8 Å². The van der Waals surface area contributed by atoms with Crippen LogP contribution in [0.2, 0.25) is 0 Å². The van der Waals surface area contributed by atoms with E-state index < -0.39 is 0 Å². The van der Waals surface area contributed by atoms with Gasteiger partial charge in [-0.2, -0.15) is 0 Å². The number of nitrogens with one attached hydrogen (secondary N) is 2. The lowest BCUT2D eigenvalue weighted by Crippen LogP contribution is -2.45. The number of hydrazine groups is 1. The van der Waals surface area contributed by atoms with Crippen molar-refractivity contribution < 1.29 is 0 Å². The molecule has 1 aromatic carbocycles. The lowest BCUT2D eigenvalue weighted by atomic mass is 9.87. The summed E-state index contributed by atoms with van der Waals surface area (Å²) in [5, 5.41) is 3.41. The van der Waals surface area contributed by atoms with Crippen LogP contribution in [0.1, 0.15) is 17.5 Å². The van der Waals surface area contributed by atoms with Crippen LogP contribution in [0.25, 0.3) is 0 Å². The summed E-state index contributed by atoms with van der Waals surface area (Å²) in [4.78, 5) is 2.51. The molecule has 1 atom stereocenters. The number of benzene rings is 1. The Kier molecular flexibility index (Phi) is 3.50. The van der Waals surface area contributed by atoms with Crippen LogP contribution in [0.4, 0.5) is 5.69 Å². The van der Waals surface area contributed by atoms with E-state index in [1.165, 1.54) is 16.8 Å². The normalized spacial score (nSPS) is 23.8. The third-order valence-corrected chi connectivity index (χ3v) is 4.15. The highest BCUT2D eigenvalue weighted by molar-refractivity contribution is 5.58. The summed E-state index contributed by atoms with van der Waals surface area (Å²) in [6.45, 7) is 4.39. The average Bonchev–Trinajstić information content (AvgIpc) is 2.47. The van der Waals surface area contributed by atoms with Crippen molar-refractivity contribution >= 4 is 5.69 Å². The summed E-state index contributed by atoms with van der Waals surface area (Å²) in [5.74, 6) is 5.62. The third kappa shape index (κ3) is 2.23. The van der Waals surface area contributed by atoms with Crippen LogP contribution < -0.4 is 21.5 Å². The molecule has 1 aromatic rings. The number of piperazine rings is 1. The molecule has 18 heavy (non-hydrogen) atoms. The van der Waals surface area contributed by atoms with E-state index in [-0.39, 0.29) is 0 Å². The molecule has 4 nitrogen and oxygen atoms in total. The highest BCUT2D eigenvalue weighted by Gasteiger charge is 2.22. The van der Waals surface area contributed by atoms with Gasteiger partial charge in [-0.25, -0.2) is 0 Å². The predicted molar refractivity (Wildman–Crippen MR) is 74.7 cm³/mol. The topological polar surface area (TPSA) is 53.3 Å². The molecule has 1 saturated heterocycles. The monoisotopic (exact) mass is 246 g/mol. The maximum absolute atomic E-state index is 5.62. The third-order valence-electron chi connectivity index (χ3n) is 4.15. The smallest absolute Gasteiger partial charge is 0.0403 e. The first-order valence-electron chi connectivity index (χ1n) is 6.91. The fourth-order valence-corrected chi connectivity index (χ4v) is 3.11. The predicted octanol–water partition coefficient (Wildman–Crippen LogP) is 0.417. The van der Waals surface area contributed by atoms with Crippen LogP contribution >= 0.6 is 0 Å². The van der Waals surface area contributed by atoms with Gasteiger partial charge in [0.2, 0.25) is 0 Å². The van der Waals surface area contributed by atoms with Crippen molar-refractivity contribution in [1.82, 2.24) is 10.7 Å². The minimum Gasteiger partial charge on any atom is -0.369 e. The SMILES string of the molecule is NNC1CCc2cccc(N3CCNCC3)c2C1. The van der Waals surface area contributed by atoms with E-state index in [0.29, 0.717) is 6.04 Å². The van der Waals surface area contributed by atoms with E-state index in [9.17, 15) is 0 Å². The number of nitrogens with zero attached hydrogens (tertiary/aromatic N) is 1. The first-order chi connectivity index (χ1) is 8.88. The van der Waals surface area contributed by atoms with Crippen LogP contribution in [0.3, 0.4) is 0 Å². The van der Waals surface area contributed by atoms with Crippen molar-refractivity contribution in [3.05, 3.63) is 29.3 Å². The van der Waals surface area contributed by atoms with Crippen LogP contribution in [-0.2, 0) is 12.8 Å². The Morgan fingerprint density at radius 2 is 2.11 bits per heavy atom. The molecule has 0 aromatic heterocycles. The Morgan fingerprint density at radius 1 is 1.28 bits per heavy atom. The zero-order valence-electron chi connectivity index (χ0n) is 10.8. The second-order valence-electron chi connectivity index (χ2n) is 5.26. The molecule has 0 amide bonds. The van der Waals surface area contributed by atoms with Crippen molar-refractivity contribution in [2.24, 2.45) is 5.84 Å². The molecular formula is C14H22N4. The average molecular weight is 246 g/mol. The van der Waals surface area contributed by atoms with Gasteiger partial charge in [0.05, 0.1) is 0 Å². The van der Waals surface area contributed by atoms with Crippen LogP contribution in [0.15, 0.2) is 18.2 Å². The molecular weight excluding hydrogens is 224 g/mol. The molecule has 98 valence electrons. The Morgan fingerprint density at radius 3 is 2.89 bits per heavy atom. The van der Waals surface area contributed by atoms with Gasteiger partial charge in [-0.3, -0.25) is 11.3 Å². The van der Waals surface area contributed by atoms with Gasteiger partial charge in [-0.15, -0.1) is 0 Å². The van der Waals surface area contributed by atoms with Crippen molar-refractivity contribution in [2.75, 3.05) is 31.1 Å². The fourth-order valence-electron chi connectivity index (χ4n) is 3.11. The summed E-state index contributed by atoms with van der Waals surface area (Å²) in [6.07, 6.45) is 3.35. The molecule has 4 N–H and O–H groups in total. The molecule has 0 spiro atoms. The molecule has 3 rings (SSSR count). The number of rotatable bonds is 2. The molecule has 1 aliphatic carbocycles. The Labute approximate surface area is 109 Å². The first kappa shape index (κ1) is 12.0. The van der Waals surface area contributed by atoms with E-state index in [1.54, 1.807) is 0 Å². The van der Waals surface area contributed by atoms with Crippen molar-refractivity contribution in [2.45, 2.75) is 25.3 Å². The zero-order valence-corrected chi connectivity index (χ0v) is 10.8. The van der Waals surface area contributed by atoms with Gasteiger partial charge in [0, 0.05) is 37.9 Å². The number of hydrogen-bond acceptors (Lipinski definition) is 4. The molecule has 0 saturated carbocycles. The largest absolute Gasteiger partial charge is 0.369 e. The Hall–Kier alpha value is -1.10. The highest BCUT2D eigenvalue weighted by Crippen LogP contribution is 2.30. The molecule has 2 aliphatic rings. The Balaban J connectivity index is 1.90. The molecule has 1 unspecified atom stereocenters. The number of anilines is 1. The summed E-state index contributed by atoms with van der Waals surface area (Å²) in [7, 11) is 0. The zero-order chi connectivity index (χ0) is 12.4. The maximum Gasteiger partial charge on any atom is 0.0403 e. The van der Waals surface area contributed by atoms with Crippen molar-refractivity contribution in [3.63, 3.8) is 0 Å². The molecule has 1 aliphatic heterocycles. The van der Waals surface area contributed by atoms with Gasteiger partial charge in [-0.1, -0.05) is 12.1 Å². The van der Waals surface area contributed by atoms with Crippen LogP contribution in [-0.4, -0.2) is 32.2 Å². The minimum absolute atomic E-state index is 0.432. The quantitative estimate of drug-likeness (QED) is 0.523.